The number of hydrazone groups is 1. The van der Waals surface area contributed by atoms with Gasteiger partial charge in [0.05, 0.1) is 6.21 Å². The molecule has 9 heteroatoms. The molecule has 0 radical (unpaired) electrons. The summed E-state index contributed by atoms with van der Waals surface area (Å²) in [5.74, 6) is 0.0218. The number of fused-ring (bicyclic) bond motifs is 1. The van der Waals surface area contributed by atoms with Gasteiger partial charge in [-0.2, -0.15) is 5.10 Å². The standard InChI is InChI=1S/C20H19ClN6O2/c1-26-17-16(18(28)24-20(26)29)27(12-13-7-3-2-4-8-13)19(23-17)25-22-11-14-9-5-6-10-15(14)21/h2-11,16-17H,12H2,1H3,(H,23,25)(H,24,28,29)/b22-11+. The molecule has 0 aliphatic carbocycles. The van der Waals surface area contributed by atoms with Gasteiger partial charge in [-0.05, 0) is 11.6 Å². The average molecular weight is 411 g/mol. The highest BCUT2D eigenvalue weighted by atomic mass is 35.5. The zero-order chi connectivity index (χ0) is 20.4. The molecule has 1 fully saturated rings. The Morgan fingerprint density at radius 2 is 1.90 bits per heavy atom. The first-order valence-electron chi connectivity index (χ1n) is 9.04. The highest BCUT2D eigenvalue weighted by molar-refractivity contribution is 6.33. The van der Waals surface area contributed by atoms with Crippen molar-refractivity contribution >= 4 is 35.7 Å². The first-order chi connectivity index (χ1) is 14.0. The molecule has 0 spiro atoms. The lowest BCUT2D eigenvalue weighted by molar-refractivity contribution is -0.127. The molecule has 2 aliphatic heterocycles. The molecular weight excluding hydrogens is 392 g/mol. The molecule has 2 N–H and O–H groups in total. The summed E-state index contributed by atoms with van der Waals surface area (Å²) in [6, 6.07) is 15.9. The van der Waals surface area contributed by atoms with Crippen LogP contribution in [0.2, 0.25) is 5.02 Å². The third-order valence-corrected chi connectivity index (χ3v) is 5.17. The van der Waals surface area contributed by atoms with Gasteiger partial charge in [-0.25, -0.2) is 15.2 Å². The van der Waals surface area contributed by atoms with Gasteiger partial charge in [0.15, 0.2) is 12.2 Å². The van der Waals surface area contributed by atoms with Gasteiger partial charge in [-0.1, -0.05) is 60.1 Å². The minimum atomic E-state index is -0.643. The molecule has 2 aliphatic rings. The molecule has 0 saturated carbocycles. The van der Waals surface area contributed by atoms with Crippen molar-refractivity contribution in [2.75, 3.05) is 7.05 Å². The van der Waals surface area contributed by atoms with Crippen molar-refractivity contribution in [3.63, 3.8) is 0 Å². The molecule has 1 saturated heterocycles. The van der Waals surface area contributed by atoms with Crippen molar-refractivity contribution in [2.45, 2.75) is 18.8 Å². The zero-order valence-corrected chi connectivity index (χ0v) is 16.4. The minimum absolute atomic E-state index is 0.385. The van der Waals surface area contributed by atoms with Crippen molar-refractivity contribution in [2.24, 2.45) is 10.1 Å². The van der Waals surface area contributed by atoms with Gasteiger partial charge >= 0.3 is 6.03 Å². The van der Waals surface area contributed by atoms with E-state index in [2.05, 4.69) is 20.8 Å². The highest BCUT2D eigenvalue weighted by Crippen LogP contribution is 2.25. The Bertz CT molecular complexity index is 993. The summed E-state index contributed by atoms with van der Waals surface area (Å²) >= 11 is 6.15. The maximum absolute atomic E-state index is 12.6. The zero-order valence-electron chi connectivity index (χ0n) is 15.6. The lowest BCUT2D eigenvalue weighted by Gasteiger charge is -2.36. The molecule has 4 rings (SSSR count). The number of hydrogen-bond donors (Lipinski definition) is 2. The van der Waals surface area contributed by atoms with E-state index in [1.165, 1.54) is 4.90 Å². The summed E-state index contributed by atoms with van der Waals surface area (Å²) in [5.41, 5.74) is 4.66. The number of carbonyl (C=O) groups excluding carboxylic acids is 2. The molecule has 148 valence electrons. The maximum Gasteiger partial charge on any atom is 0.325 e. The van der Waals surface area contributed by atoms with Crippen LogP contribution in [0.5, 0.6) is 0 Å². The summed E-state index contributed by atoms with van der Waals surface area (Å²) in [5, 5.41) is 7.19. The van der Waals surface area contributed by atoms with Crippen LogP contribution in [0.3, 0.4) is 0 Å². The number of amides is 3. The SMILES string of the molecule is CN1C(=O)NC(=O)C2C1N=C(N/N=C/c1ccccc1Cl)N2Cc1ccccc1. The number of urea groups is 1. The van der Waals surface area contributed by atoms with Gasteiger partial charge in [0, 0.05) is 24.2 Å². The van der Waals surface area contributed by atoms with Gasteiger partial charge in [-0.15, -0.1) is 0 Å². The molecule has 3 amide bonds. The lowest BCUT2D eigenvalue weighted by atomic mass is 10.1. The van der Waals surface area contributed by atoms with Gasteiger partial charge in [0.1, 0.15) is 0 Å². The highest BCUT2D eigenvalue weighted by Gasteiger charge is 2.48. The second kappa shape index (κ2) is 7.92. The number of guanidine groups is 1. The number of likely N-dealkylation sites (N-methyl/N-ethyl adjacent to an activating group) is 1. The van der Waals surface area contributed by atoms with E-state index in [-0.39, 0.29) is 5.91 Å². The van der Waals surface area contributed by atoms with Gasteiger partial charge in [-0.3, -0.25) is 10.1 Å². The average Bonchev–Trinajstić information content (AvgIpc) is 3.07. The van der Waals surface area contributed by atoms with E-state index in [9.17, 15) is 9.59 Å². The van der Waals surface area contributed by atoms with E-state index < -0.39 is 18.2 Å². The molecule has 2 heterocycles. The summed E-state index contributed by atoms with van der Waals surface area (Å²) in [6.07, 6.45) is 0.959. The molecule has 8 nitrogen and oxygen atoms in total. The number of nitrogens with zero attached hydrogens (tertiary/aromatic N) is 4. The lowest BCUT2D eigenvalue weighted by Crippen LogP contribution is -2.63. The van der Waals surface area contributed by atoms with Crippen LogP contribution in [-0.4, -0.2) is 53.2 Å². The number of imide groups is 1. The van der Waals surface area contributed by atoms with E-state index in [1.807, 2.05) is 53.4 Å². The Morgan fingerprint density at radius 3 is 2.66 bits per heavy atom. The quantitative estimate of drug-likeness (QED) is 0.596. The maximum atomic E-state index is 12.6. The fourth-order valence-electron chi connectivity index (χ4n) is 3.31. The molecule has 29 heavy (non-hydrogen) atoms. The molecule has 2 unspecified atom stereocenters. The number of nitrogens with one attached hydrogen (secondary N) is 2. The van der Waals surface area contributed by atoms with Crippen molar-refractivity contribution in [1.82, 2.24) is 20.5 Å². The normalized spacial score (nSPS) is 21.2. The van der Waals surface area contributed by atoms with Crippen molar-refractivity contribution in [1.29, 1.82) is 0 Å². The van der Waals surface area contributed by atoms with Crippen LogP contribution in [0.4, 0.5) is 4.79 Å². The fraction of sp³-hybridized carbons (Fsp3) is 0.200. The molecule has 2 atom stereocenters. The first kappa shape index (κ1) is 18.9. The van der Waals surface area contributed by atoms with Crippen molar-refractivity contribution in [3.05, 3.63) is 70.7 Å². The van der Waals surface area contributed by atoms with Crippen LogP contribution in [-0.2, 0) is 11.3 Å². The predicted octanol–water partition coefficient (Wildman–Crippen LogP) is 2.01. The van der Waals surface area contributed by atoms with E-state index in [1.54, 1.807) is 19.3 Å². The predicted molar refractivity (Wildman–Crippen MR) is 110 cm³/mol. The van der Waals surface area contributed by atoms with Crippen LogP contribution in [0, 0.1) is 0 Å². The third-order valence-electron chi connectivity index (χ3n) is 4.83. The minimum Gasteiger partial charge on any atom is -0.321 e. The second-order valence-corrected chi connectivity index (χ2v) is 7.13. The van der Waals surface area contributed by atoms with Gasteiger partial charge < -0.3 is 9.80 Å². The Balaban J connectivity index is 1.60. The Labute approximate surface area is 172 Å². The van der Waals surface area contributed by atoms with E-state index in [0.29, 0.717) is 17.5 Å². The van der Waals surface area contributed by atoms with Crippen LogP contribution < -0.4 is 10.7 Å². The molecule has 0 bridgehead atoms. The second-order valence-electron chi connectivity index (χ2n) is 6.72. The summed E-state index contributed by atoms with van der Waals surface area (Å²) in [4.78, 5) is 32.3. The van der Waals surface area contributed by atoms with Crippen LogP contribution in [0.25, 0.3) is 0 Å². The van der Waals surface area contributed by atoms with Crippen molar-refractivity contribution in [3.8, 4) is 0 Å². The monoisotopic (exact) mass is 410 g/mol. The third kappa shape index (κ3) is 3.79. The molecule has 0 aromatic heterocycles. The Morgan fingerprint density at radius 1 is 1.17 bits per heavy atom. The number of benzene rings is 2. The van der Waals surface area contributed by atoms with E-state index in [0.717, 1.165) is 11.1 Å². The van der Waals surface area contributed by atoms with Crippen LogP contribution in [0.1, 0.15) is 11.1 Å². The van der Waals surface area contributed by atoms with Crippen LogP contribution in [0.15, 0.2) is 64.7 Å². The van der Waals surface area contributed by atoms with Gasteiger partial charge in [0.2, 0.25) is 5.96 Å². The Hall–Kier alpha value is -3.39. The topological polar surface area (TPSA) is 89.4 Å². The number of rotatable bonds is 4. The van der Waals surface area contributed by atoms with E-state index >= 15 is 0 Å². The van der Waals surface area contributed by atoms with Crippen molar-refractivity contribution < 1.29 is 9.59 Å². The molecular formula is C20H19ClN6O2. The van der Waals surface area contributed by atoms with E-state index in [4.69, 9.17) is 11.6 Å². The largest absolute Gasteiger partial charge is 0.325 e. The molecule has 2 aromatic rings. The molecule has 2 aromatic carbocycles. The summed E-state index contributed by atoms with van der Waals surface area (Å²) < 4.78 is 0. The smallest absolute Gasteiger partial charge is 0.321 e. The number of hydrogen-bond acceptors (Lipinski definition) is 6. The van der Waals surface area contributed by atoms with Crippen LogP contribution >= 0.6 is 11.6 Å². The summed E-state index contributed by atoms with van der Waals surface area (Å²) in [7, 11) is 1.61. The Kier molecular flexibility index (Phi) is 5.18. The number of halogens is 1. The number of aliphatic imine (C=N–C) groups is 1. The fourth-order valence-corrected chi connectivity index (χ4v) is 3.50. The van der Waals surface area contributed by atoms with Gasteiger partial charge in [0.25, 0.3) is 5.91 Å². The first-order valence-corrected chi connectivity index (χ1v) is 9.42. The summed E-state index contributed by atoms with van der Waals surface area (Å²) in [6.45, 7) is 0.435. The number of carbonyl (C=O) groups is 2.